The van der Waals surface area contributed by atoms with E-state index in [9.17, 15) is 4.79 Å². The molecule has 10 heavy (non-hydrogen) atoms. The maximum Gasteiger partial charge on any atom is 0.247 e. The number of rotatable bonds is 3. The summed E-state index contributed by atoms with van der Waals surface area (Å²) in [6, 6.07) is 0. The van der Waals surface area contributed by atoms with E-state index in [1.807, 2.05) is 6.08 Å². The molecule has 0 amide bonds. The average Bonchev–Trinajstić information content (AvgIpc) is 2.64. The second kappa shape index (κ2) is 3.17. The second-order valence-electron chi connectivity index (χ2n) is 2.35. The molecule has 0 spiro atoms. The largest absolute Gasteiger partial charge is 0.373 e. The van der Waals surface area contributed by atoms with Crippen LogP contribution < -0.4 is 0 Å². The van der Waals surface area contributed by atoms with Crippen LogP contribution in [0.15, 0.2) is 11.6 Å². The first-order valence-electron chi connectivity index (χ1n) is 3.18. The molecule has 0 bridgehead atoms. The van der Waals surface area contributed by atoms with Gasteiger partial charge in [-0.05, 0) is 24.9 Å². The monoisotopic (exact) mass is 160 g/mol. The number of hydrogen-bond donors (Lipinski definition) is 0. The van der Waals surface area contributed by atoms with E-state index in [0.717, 1.165) is 13.0 Å². The van der Waals surface area contributed by atoms with Gasteiger partial charge in [-0.15, -0.1) is 0 Å². The molecule has 2 nitrogen and oxygen atoms in total. The molecule has 56 valence electrons. The fourth-order valence-electron chi connectivity index (χ4n) is 0.593. The summed E-state index contributed by atoms with van der Waals surface area (Å²) in [7, 11) is 0. The minimum Gasteiger partial charge on any atom is -0.373 e. The Labute approximate surface area is 64.8 Å². The fraction of sp³-hybridized carbons (Fsp3) is 0.571. The van der Waals surface area contributed by atoms with Gasteiger partial charge in [0.15, 0.2) is 0 Å². The predicted octanol–water partition coefficient (Wildman–Crippen LogP) is 1.49. The summed E-state index contributed by atoms with van der Waals surface area (Å²) in [4.78, 5) is 10.4. The van der Waals surface area contributed by atoms with Crippen molar-refractivity contribution < 1.29 is 9.53 Å². The Morgan fingerprint density at radius 2 is 2.50 bits per heavy atom. The minimum absolute atomic E-state index is 0.339. The Kier molecular flexibility index (Phi) is 2.46. The standard InChI is InChI=1S/C7H9ClO2/c1-5(7(8)9)2-3-6-4-10-6/h2,6H,3-4H2,1H3. The van der Waals surface area contributed by atoms with Crippen molar-refractivity contribution >= 4 is 16.8 Å². The van der Waals surface area contributed by atoms with Crippen LogP contribution in [-0.2, 0) is 9.53 Å². The molecule has 1 rings (SSSR count). The molecule has 1 unspecified atom stereocenters. The molecule has 0 aromatic rings. The van der Waals surface area contributed by atoms with Crippen molar-refractivity contribution in [2.45, 2.75) is 19.4 Å². The molecule has 1 aliphatic heterocycles. The van der Waals surface area contributed by atoms with Crippen molar-refractivity contribution in [3.63, 3.8) is 0 Å². The minimum atomic E-state index is -0.374. The molecule has 1 saturated heterocycles. The zero-order valence-electron chi connectivity index (χ0n) is 5.76. The van der Waals surface area contributed by atoms with Crippen molar-refractivity contribution in [2.75, 3.05) is 6.61 Å². The summed E-state index contributed by atoms with van der Waals surface area (Å²) in [6.07, 6.45) is 2.96. The van der Waals surface area contributed by atoms with E-state index in [2.05, 4.69) is 0 Å². The predicted molar refractivity (Wildman–Crippen MR) is 39.0 cm³/mol. The van der Waals surface area contributed by atoms with Gasteiger partial charge in [-0.3, -0.25) is 4.79 Å². The van der Waals surface area contributed by atoms with E-state index < -0.39 is 0 Å². The van der Waals surface area contributed by atoms with Crippen molar-refractivity contribution in [3.05, 3.63) is 11.6 Å². The number of allylic oxidation sites excluding steroid dienone is 1. The number of carbonyl (C=O) groups is 1. The lowest BCUT2D eigenvalue weighted by atomic mass is 10.2. The highest BCUT2D eigenvalue weighted by atomic mass is 35.5. The molecule has 0 radical (unpaired) electrons. The van der Waals surface area contributed by atoms with Gasteiger partial charge in [0.25, 0.3) is 0 Å². The second-order valence-corrected chi connectivity index (χ2v) is 2.70. The Hall–Kier alpha value is -0.340. The van der Waals surface area contributed by atoms with Gasteiger partial charge in [0.2, 0.25) is 5.24 Å². The van der Waals surface area contributed by atoms with Gasteiger partial charge in [0.05, 0.1) is 12.7 Å². The Morgan fingerprint density at radius 1 is 1.90 bits per heavy atom. The van der Waals surface area contributed by atoms with Crippen LogP contribution in [0.5, 0.6) is 0 Å². The average molecular weight is 161 g/mol. The van der Waals surface area contributed by atoms with Gasteiger partial charge in [-0.25, -0.2) is 0 Å². The van der Waals surface area contributed by atoms with Crippen molar-refractivity contribution in [1.82, 2.24) is 0 Å². The Morgan fingerprint density at radius 3 is 2.90 bits per heavy atom. The molecule has 0 aromatic carbocycles. The van der Waals surface area contributed by atoms with E-state index in [-0.39, 0.29) is 5.24 Å². The van der Waals surface area contributed by atoms with Gasteiger partial charge in [-0.2, -0.15) is 0 Å². The number of carbonyl (C=O) groups excluding carboxylic acids is 1. The maximum atomic E-state index is 10.4. The van der Waals surface area contributed by atoms with Crippen LogP contribution in [0.4, 0.5) is 0 Å². The van der Waals surface area contributed by atoms with Crippen LogP contribution in [0, 0.1) is 0 Å². The SMILES string of the molecule is CC(=CCC1CO1)C(=O)Cl. The zero-order chi connectivity index (χ0) is 7.56. The first-order chi connectivity index (χ1) is 4.70. The van der Waals surface area contributed by atoms with Crippen LogP contribution >= 0.6 is 11.6 Å². The lowest BCUT2D eigenvalue weighted by Crippen LogP contribution is -1.89. The highest BCUT2D eigenvalue weighted by Gasteiger charge is 2.20. The summed E-state index contributed by atoms with van der Waals surface area (Å²) >= 11 is 5.18. The molecule has 1 heterocycles. The molecule has 1 fully saturated rings. The van der Waals surface area contributed by atoms with E-state index in [1.54, 1.807) is 6.92 Å². The first kappa shape index (κ1) is 7.76. The van der Waals surface area contributed by atoms with Crippen molar-refractivity contribution in [3.8, 4) is 0 Å². The van der Waals surface area contributed by atoms with E-state index >= 15 is 0 Å². The number of halogens is 1. The summed E-state index contributed by atoms with van der Waals surface area (Å²) in [6.45, 7) is 2.53. The zero-order valence-corrected chi connectivity index (χ0v) is 6.52. The van der Waals surface area contributed by atoms with Gasteiger partial charge in [0, 0.05) is 5.57 Å². The number of epoxide rings is 1. The molecule has 0 saturated carbocycles. The van der Waals surface area contributed by atoms with E-state index in [4.69, 9.17) is 16.3 Å². The van der Waals surface area contributed by atoms with Crippen LogP contribution in [0.25, 0.3) is 0 Å². The van der Waals surface area contributed by atoms with Gasteiger partial charge >= 0.3 is 0 Å². The number of ether oxygens (including phenoxy) is 1. The third-order valence-corrected chi connectivity index (χ3v) is 1.70. The van der Waals surface area contributed by atoms with Crippen molar-refractivity contribution in [1.29, 1.82) is 0 Å². The number of hydrogen-bond acceptors (Lipinski definition) is 2. The first-order valence-corrected chi connectivity index (χ1v) is 3.56. The molecule has 0 aromatic heterocycles. The molecule has 0 aliphatic carbocycles. The van der Waals surface area contributed by atoms with Crippen molar-refractivity contribution in [2.24, 2.45) is 0 Å². The summed E-state index contributed by atoms with van der Waals surface area (Å²) < 4.78 is 4.94. The molecular formula is C7H9ClO2. The van der Waals surface area contributed by atoms with Crippen LogP contribution in [0.3, 0.4) is 0 Å². The molecule has 3 heteroatoms. The lowest BCUT2D eigenvalue weighted by Gasteiger charge is -1.89. The van der Waals surface area contributed by atoms with Gasteiger partial charge in [0.1, 0.15) is 0 Å². The Balaban J connectivity index is 2.29. The highest BCUT2D eigenvalue weighted by Crippen LogP contribution is 2.15. The molecule has 1 atom stereocenters. The molecule has 1 aliphatic rings. The van der Waals surface area contributed by atoms with Gasteiger partial charge in [-0.1, -0.05) is 6.08 Å². The van der Waals surface area contributed by atoms with Crippen LogP contribution in [0.1, 0.15) is 13.3 Å². The van der Waals surface area contributed by atoms with E-state index in [0.29, 0.717) is 11.7 Å². The molecule has 0 N–H and O–H groups in total. The topological polar surface area (TPSA) is 29.6 Å². The third-order valence-electron chi connectivity index (χ3n) is 1.40. The Bertz CT molecular complexity index is 170. The van der Waals surface area contributed by atoms with E-state index in [1.165, 1.54) is 0 Å². The summed E-state index contributed by atoms with van der Waals surface area (Å²) in [5, 5.41) is -0.374. The lowest BCUT2D eigenvalue weighted by molar-refractivity contribution is -0.108. The third kappa shape index (κ3) is 2.50. The fourth-order valence-corrected chi connectivity index (χ4v) is 0.670. The quantitative estimate of drug-likeness (QED) is 0.356. The van der Waals surface area contributed by atoms with Gasteiger partial charge < -0.3 is 4.74 Å². The maximum absolute atomic E-state index is 10.4. The van der Waals surface area contributed by atoms with Crippen LogP contribution in [-0.4, -0.2) is 18.0 Å². The molecular weight excluding hydrogens is 152 g/mol. The highest BCUT2D eigenvalue weighted by molar-refractivity contribution is 6.67. The van der Waals surface area contributed by atoms with Crippen LogP contribution in [0.2, 0.25) is 0 Å². The summed E-state index contributed by atoms with van der Waals surface area (Å²) in [5.74, 6) is 0. The smallest absolute Gasteiger partial charge is 0.247 e. The summed E-state index contributed by atoms with van der Waals surface area (Å²) in [5.41, 5.74) is 0.608. The normalized spacial score (nSPS) is 24.6.